The largest absolute Gasteiger partial charge is 0.378 e. The number of likely N-dealkylation sites (tertiary alicyclic amines) is 1. The van der Waals surface area contributed by atoms with Crippen LogP contribution in [0.5, 0.6) is 0 Å². The first-order chi connectivity index (χ1) is 20.5. The molecule has 12 nitrogen and oxygen atoms in total. The van der Waals surface area contributed by atoms with Crippen LogP contribution in [0, 0.1) is 0 Å². The highest BCUT2D eigenvalue weighted by atomic mass is 16.5. The van der Waals surface area contributed by atoms with Gasteiger partial charge in [0.05, 0.1) is 37.3 Å². The number of para-hydroxylation sites is 2. The smallest absolute Gasteiger partial charge is 0.239 e. The first-order valence-electron chi connectivity index (χ1n) is 15.2. The SMILES string of the molecule is CCc1nc2ccccc2n1-c1nc(N2CCOCC2)c2nc(CN3CCN(C4CCN(C)CC4)CC3=O)n(C)c2n1. The predicted octanol–water partition coefficient (Wildman–Crippen LogP) is 1.84. The van der Waals surface area contributed by atoms with E-state index in [4.69, 9.17) is 24.7 Å². The van der Waals surface area contributed by atoms with Crippen molar-refractivity contribution in [1.82, 2.24) is 43.8 Å². The Balaban J connectivity index is 1.23. The molecule has 6 heterocycles. The van der Waals surface area contributed by atoms with E-state index in [1.807, 2.05) is 34.7 Å². The Labute approximate surface area is 245 Å². The lowest BCUT2D eigenvalue weighted by Crippen LogP contribution is -2.55. The highest BCUT2D eigenvalue weighted by Gasteiger charge is 2.32. The highest BCUT2D eigenvalue weighted by Crippen LogP contribution is 2.29. The maximum Gasteiger partial charge on any atom is 0.239 e. The number of hydrogen-bond donors (Lipinski definition) is 0. The van der Waals surface area contributed by atoms with Gasteiger partial charge in [-0.1, -0.05) is 19.1 Å². The number of aryl methyl sites for hydroxylation is 2. The maximum atomic E-state index is 13.3. The van der Waals surface area contributed by atoms with Crippen LogP contribution in [0.2, 0.25) is 0 Å². The third-order valence-corrected chi connectivity index (χ3v) is 9.12. The van der Waals surface area contributed by atoms with Gasteiger partial charge < -0.3 is 24.0 Å². The van der Waals surface area contributed by atoms with Gasteiger partial charge in [0.25, 0.3) is 0 Å². The van der Waals surface area contributed by atoms with Crippen LogP contribution in [-0.2, 0) is 29.5 Å². The topological polar surface area (TPSA) is 101 Å². The van der Waals surface area contributed by atoms with Crippen molar-refractivity contribution in [2.75, 3.05) is 71.0 Å². The summed E-state index contributed by atoms with van der Waals surface area (Å²) in [6.45, 7) is 9.61. The second kappa shape index (κ2) is 11.2. The summed E-state index contributed by atoms with van der Waals surface area (Å²) < 4.78 is 9.75. The molecule has 4 aromatic rings. The quantitative estimate of drug-likeness (QED) is 0.343. The molecular weight excluding hydrogens is 532 g/mol. The van der Waals surface area contributed by atoms with Gasteiger partial charge >= 0.3 is 0 Å². The number of rotatable bonds is 6. The van der Waals surface area contributed by atoms with E-state index in [9.17, 15) is 4.79 Å². The van der Waals surface area contributed by atoms with Gasteiger partial charge in [-0.25, -0.2) is 9.97 Å². The third kappa shape index (κ3) is 4.91. The number of carbonyl (C=O) groups is 1. The molecule has 12 heteroatoms. The summed E-state index contributed by atoms with van der Waals surface area (Å²) >= 11 is 0. The van der Waals surface area contributed by atoms with Crippen LogP contribution in [0.1, 0.15) is 31.4 Å². The maximum absolute atomic E-state index is 13.3. The summed E-state index contributed by atoms with van der Waals surface area (Å²) in [5, 5.41) is 0. The molecule has 0 spiro atoms. The second-order valence-electron chi connectivity index (χ2n) is 11.7. The molecule has 0 aliphatic carbocycles. The molecule has 3 aliphatic heterocycles. The van der Waals surface area contributed by atoms with E-state index >= 15 is 0 Å². The normalized spacial score (nSPS) is 19.9. The van der Waals surface area contributed by atoms with Crippen LogP contribution in [0.25, 0.3) is 28.1 Å². The molecule has 0 bridgehead atoms. The van der Waals surface area contributed by atoms with Gasteiger partial charge in [0.15, 0.2) is 17.0 Å². The molecule has 3 aliphatic rings. The lowest BCUT2D eigenvalue weighted by molar-refractivity contribution is -0.138. The van der Waals surface area contributed by atoms with Crippen molar-refractivity contribution in [3.8, 4) is 5.95 Å². The average molecular weight is 573 g/mol. The number of morpholine rings is 1. The molecule has 0 atom stereocenters. The fourth-order valence-corrected chi connectivity index (χ4v) is 6.59. The molecule has 0 unspecified atom stereocenters. The number of piperidine rings is 1. The van der Waals surface area contributed by atoms with Gasteiger partial charge in [0.2, 0.25) is 11.9 Å². The Morgan fingerprint density at radius 3 is 2.45 bits per heavy atom. The fourth-order valence-electron chi connectivity index (χ4n) is 6.59. The number of ether oxygens (including phenoxy) is 1. The van der Waals surface area contributed by atoms with Gasteiger partial charge in [-0.2, -0.15) is 9.97 Å². The number of imidazole rings is 2. The molecule has 0 N–H and O–H groups in total. The van der Waals surface area contributed by atoms with E-state index in [1.165, 1.54) is 0 Å². The number of fused-ring (bicyclic) bond motifs is 2. The number of hydrogen-bond acceptors (Lipinski definition) is 9. The molecule has 0 radical (unpaired) electrons. The van der Waals surface area contributed by atoms with Crippen molar-refractivity contribution in [3.05, 3.63) is 35.9 Å². The zero-order valence-corrected chi connectivity index (χ0v) is 24.9. The first-order valence-corrected chi connectivity index (χ1v) is 15.2. The van der Waals surface area contributed by atoms with Crippen LogP contribution in [0.4, 0.5) is 5.82 Å². The predicted molar refractivity (Wildman–Crippen MR) is 161 cm³/mol. The van der Waals surface area contributed by atoms with E-state index in [2.05, 4.69) is 39.3 Å². The summed E-state index contributed by atoms with van der Waals surface area (Å²) in [4.78, 5) is 42.4. The Morgan fingerprint density at radius 2 is 1.69 bits per heavy atom. The molecule has 42 heavy (non-hydrogen) atoms. The second-order valence-corrected chi connectivity index (χ2v) is 11.7. The lowest BCUT2D eigenvalue weighted by Gasteiger charge is -2.41. The molecular formula is C30H40N10O2. The molecule has 3 fully saturated rings. The van der Waals surface area contributed by atoms with E-state index in [0.717, 1.165) is 91.7 Å². The first kappa shape index (κ1) is 27.2. The molecule has 3 saturated heterocycles. The van der Waals surface area contributed by atoms with E-state index < -0.39 is 0 Å². The molecule has 3 aromatic heterocycles. The van der Waals surface area contributed by atoms with Crippen LogP contribution in [-0.4, -0.2) is 122 Å². The van der Waals surface area contributed by atoms with Gasteiger partial charge in [-0.3, -0.25) is 14.3 Å². The Kier molecular flexibility index (Phi) is 7.28. The molecule has 1 amide bonds. The van der Waals surface area contributed by atoms with Crippen LogP contribution < -0.4 is 4.90 Å². The summed E-state index contributed by atoms with van der Waals surface area (Å²) in [7, 11) is 4.17. The Morgan fingerprint density at radius 1 is 0.905 bits per heavy atom. The summed E-state index contributed by atoms with van der Waals surface area (Å²) in [5.74, 6) is 3.30. The summed E-state index contributed by atoms with van der Waals surface area (Å²) in [6.07, 6.45) is 3.02. The van der Waals surface area contributed by atoms with E-state index in [1.54, 1.807) is 0 Å². The van der Waals surface area contributed by atoms with Crippen molar-refractivity contribution in [2.45, 2.75) is 38.8 Å². The van der Waals surface area contributed by atoms with Crippen molar-refractivity contribution >= 4 is 33.9 Å². The van der Waals surface area contributed by atoms with Crippen molar-refractivity contribution in [1.29, 1.82) is 0 Å². The highest BCUT2D eigenvalue weighted by molar-refractivity contribution is 5.86. The summed E-state index contributed by atoms with van der Waals surface area (Å²) in [6, 6.07) is 8.62. The van der Waals surface area contributed by atoms with Gasteiger partial charge in [0.1, 0.15) is 11.6 Å². The standard InChI is InChI=1S/C30H40N10O2/c1-4-24-31-22-7-5-6-8-23(22)40(24)30-33-28-27(29(34-30)37-15-17-42-18-16-37)32-25(36(28)3)19-39-14-13-38(20-26(39)41)21-9-11-35(2)12-10-21/h5-8,21H,4,9-20H2,1-3H3. The van der Waals surface area contributed by atoms with Gasteiger partial charge in [0, 0.05) is 45.7 Å². The Hall–Kier alpha value is -3.61. The molecule has 1 aromatic carbocycles. The number of aromatic nitrogens is 6. The van der Waals surface area contributed by atoms with Crippen molar-refractivity contribution in [3.63, 3.8) is 0 Å². The monoisotopic (exact) mass is 572 g/mol. The average Bonchev–Trinajstić information content (AvgIpc) is 3.55. The van der Waals surface area contributed by atoms with Gasteiger partial charge in [-0.15, -0.1) is 0 Å². The summed E-state index contributed by atoms with van der Waals surface area (Å²) in [5.41, 5.74) is 3.43. The third-order valence-electron chi connectivity index (χ3n) is 9.12. The number of nitrogens with zero attached hydrogens (tertiary/aromatic N) is 10. The molecule has 222 valence electrons. The van der Waals surface area contributed by atoms with Crippen molar-refractivity contribution in [2.24, 2.45) is 7.05 Å². The number of carbonyl (C=O) groups excluding carboxylic acids is 1. The Bertz CT molecular complexity index is 1600. The van der Waals surface area contributed by atoms with Crippen LogP contribution in [0.15, 0.2) is 24.3 Å². The van der Waals surface area contributed by atoms with Crippen molar-refractivity contribution < 1.29 is 9.53 Å². The minimum absolute atomic E-state index is 0.171. The zero-order chi connectivity index (χ0) is 28.8. The minimum atomic E-state index is 0.171. The lowest BCUT2D eigenvalue weighted by atomic mass is 10.0. The van der Waals surface area contributed by atoms with Crippen LogP contribution in [0.3, 0.4) is 0 Å². The van der Waals surface area contributed by atoms with Gasteiger partial charge in [-0.05, 0) is 45.1 Å². The molecule has 7 rings (SSSR count). The van der Waals surface area contributed by atoms with E-state index in [0.29, 0.717) is 44.8 Å². The van der Waals surface area contributed by atoms with Crippen LogP contribution >= 0.6 is 0 Å². The minimum Gasteiger partial charge on any atom is -0.378 e. The number of amides is 1. The number of benzene rings is 1. The number of piperazine rings is 1. The number of anilines is 1. The fraction of sp³-hybridized carbons (Fsp3) is 0.567. The molecule has 0 saturated carbocycles. The zero-order valence-electron chi connectivity index (χ0n) is 24.9. The van der Waals surface area contributed by atoms with E-state index in [-0.39, 0.29) is 5.91 Å².